The summed E-state index contributed by atoms with van der Waals surface area (Å²) in [6.07, 6.45) is 14.4. The first-order valence-corrected chi connectivity index (χ1v) is 18.5. The number of benzene rings is 2. The van der Waals surface area contributed by atoms with E-state index in [0.717, 1.165) is 61.4 Å². The molecule has 0 saturated heterocycles. The summed E-state index contributed by atoms with van der Waals surface area (Å²) < 4.78 is 11.9. The zero-order valence-electron chi connectivity index (χ0n) is 29.4. The Kier molecular flexibility index (Phi) is 11.1. The summed E-state index contributed by atoms with van der Waals surface area (Å²) in [5, 5.41) is 6.37. The van der Waals surface area contributed by atoms with E-state index in [4.69, 9.17) is 9.47 Å². The molecule has 264 valence electrons. The molecule has 2 fully saturated rings. The van der Waals surface area contributed by atoms with Crippen LogP contribution in [0.25, 0.3) is 0 Å². The number of aromatic nitrogens is 2. The molecule has 2 N–H and O–H groups in total. The lowest BCUT2D eigenvalue weighted by molar-refractivity contribution is 0.0920. The molecular weight excluding hydrogens is 636 g/mol. The fourth-order valence-electron chi connectivity index (χ4n) is 8.05. The average molecular weight is 685 g/mol. The fourth-order valence-corrected chi connectivity index (χ4v) is 8.05. The summed E-state index contributed by atoms with van der Waals surface area (Å²) >= 11 is 0. The van der Waals surface area contributed by atoms with Crippen molar-refractivity contribution in [1.82, 2.24) is 20.6 Å². The number of allylic oxidation sites excluding steroid dienone is 1. The van der Waals surface area contributed by atoms with Gasteiger partial charge < -0.3 is 20.1 Å². The van der Waals surface area contributed by atoms with Gasteiger partial charge >= 0.3 is 0 Å². The number of carbonyl (C=O) groups is 2. The number of nitrogens with one attached hydrogen (secondary N) is 2. The molecule has 0 spiro atoms. The molecule has 2 saturated carbocycles. The number of para-hydroxylation sites is 1. The number of carbonyl (C=O) groups excluding carboxylic acids is 2. The molecule has 4 aromatic rings. The van der Waals surface area contributed by atoms with E-state index in [-0.39, 0.29) is 17.9 Å². The summed E-state index contributed by atoms with van der Waals surface area (Å²) in [4.78, 5) is 34.7. The smallest absolute Gasteiger partial charge is 0.253 e. The minimum atomic E-state index is -0.0912. The van der Waals surface area contributed by atoms with Gasteiger partial charge in [-0.2, -0.15) is 0 Å². The van der Waals surface area contributed by atoms with Crippen molar-refractivity contribution >= 4 is 11.8 Å². The molecule has 3 unspecified atom stereocenters. The van der Waals surface area contributed by atoms with Gasteiger partial charge in [0.25, 0.3) is 11.8 Å². The minimum Gasteiger partial charge on any atom is -0.487 e. The van der Waals surface area contributed by atoms with E-state index in [0.29, 0.717) is 54.6 Å². The Morgan fingerprint density at radius 3 is 2.12 bits per heavy atom. The molecule has 8 nitrogen and oxygen atoms in total. The van der Waals surface area contributed by atoms with Gasteiger partial charge in [-0.1, -0.05) is 48.9 Å². The molecule has 2 aromatic carbocycles. The highest BCUT2D eigenvalue weighted by Gasteiger charge is 2.30. The largest absolute Gasteiger partial charge is 0.487 e. The Bertz CT molecular complexity index is 1800. The highest BCUT2D eigenvalue weighted by molar-refractivity contribution is 5.94. The van der Waals surface area contributed by atoms with Crippen LogP contribution in [0.15, 0.2) is 103 Å². The first-order chi connectivity index (χ1) is 24.9. The van der Waals surface area contributed by atoms with Gasteiger partial charge in [-0.15, -0.1) is 0 Å². The number of pyridine rings is 2. The summed E-state index contributed by atoms with van der Waals surface area (Å²) in [7, 11) is 0. The fraction of sp³-hybridized carbons (Fsp3) is 0.395. The highest BCUT2D eigenvalue weighted by atomic mass is 16.5. The number of rotatable bonds is 12. The predicted molar refractivity (Wildman–Crippen MR) is 198 cm³/mol. The Hall–Kier alpha value is -4.98. The number of amides is 2. The molecule has 8 heteroatoms. The third kappa shape index (κ3) is 9.43. The van der Waals surface area contributed by atoms with E-state index < -0.39 is 0 Å². The number of hydrogen-bond acceptors (Lipinski definition) is 6. The van der Waals surface area contributed by atoms with E-state index in [9.17, 15) is 9.59 Å². The molecule has 7 rings (SSSR count). The SMILES string of the molecule is CC1C=C2CC(C1)CC(NC(=O)c1ccc(COc3cccc(C4CCC(CNC(=O)c5ccc(COc6ccccc6)nc5)CC4)c3)nc1)C2. The van der Waals surface area contributed by atoms with Crippen LogP contribution in [0.2, 0.25) is 0 Å². The molecule has 0 radical (unpaired) electrons. The van der Waals surface area contributed by atoms with Crippen LogP contribution in [0, 0.1) is 17.8 Å². The van der Waals surface area contributed by atoms with Gasteiger partial charge in [0.2, 0.25) is 0 Å². The van der Waals surface area contributed by atoms with Gasteiger partial charge in [0.15, 0.2) is 0 Å². The highest BCUT2D eigenvalue weighted by Crippen LogP contribution is 2.39. The van der Waals surface area contributed by atoms with Crippen molar-refractivity contribution in [3.8, 4) is 11.5 Å². The quantitative estimate of drug-likeness (QED) is 0.146. The maximum absolute atomic E-state index is 13.0. The summed E-state index contributed by atoms with van der Waals surface area (Å²) in [5.74, 6) is 3.74. The third-order valence-electron chi connectivity index (χ3n) is 10.7. The Balaban J connectivity index is 0.822. The molecule has 2 amide bonds. The van der Waals surface area contributed by atoms with E-state index in [1.165, 1.54) is 24.0 Å². The summed E-state index contributed by atoms with van der Waals surface area (Å²) in [6, 6.07) is 25.6. The molecule has 3 aliphatic carbocycles. The number of ether oxygens (including phenoxy) is 2. The average Bonchev–Trinajstić information content (AvgIpc) is 3.16. The lowest BCUT2D eigenvalue weighted by atomic mass is 9.73. The maximum Gasteiger partial charge on any atom is 0.253 e. The number of nitrogens with zero attached hydrogens (tertiary/aromatic N) is 2. The predicted octanol–water partition coefficient (Wildman–Crippen LogP) is 8.20. The third-order valence-corrected chi connectivity index (χ3v) is 10.7. The molecule has 2 heterocycles. The minimum absolute atomic E-state index is 0.0494. The molecule has 2 aromatic heterocycles. The van der Waals surface area contributed by atoms with Crippen LogP contribution in [0.4, 0.5) is 0 Å². The van der Waals surface area contributed by atoms with Gasteiger partial charge in [0, 0.05) is 25.0 Å². The second-order valence-electron chi connectivity index (χ2n) is 14.7. The first-order valence-electron chi connectivity index (χ1n) is 18.5. The van der Waals surface area contributed by atoms with Gasteiger partial charge in [-0.3, -0.25) is 19.6 Å². The molecule has 51 heavy (non-hydrogen) atoms. The monoisotopic (exact) mass is 684 g/mol. The number of fused-ring (bicyclic) bond motifs is 2. The standard InChI is InChI=1S/C43H48N4O4/c1-29-18-31-20-32(19-29)22-39(21-31)47-43(49)36-15-17-38(45-26-36)28-51-41-9-5-6-34(23-41)33-12-10-30(11-13-33)24-46-42(48)35-14-16-37(44-25-35)27-50-40-7-3-2-4-8-40/h2-9,14-18,23,25-26,29-30,32-33,39H,10-13,19-22,24,27-28H2,1H3,(H,46,48)(H,47,49). The van der Waals surface area contributed by atoms with Crippen LogP contribution >= 0.6 is 0 Å². The molecule has 3 aliphatic rings. The van der Waals surface area contributed by atoms with Crippen molar-refractivity contribution in [3.63, 3.8) is 0 Å². The lowest BCUT2D eigenvalue weighted by Gasteiger charge is -2.36. The lowest BCUT2D eigenvalue weighted by Crippen LogP contribution is -2.40. The second-order valence-corrected chi connectivity index (χ2v) is 14.7. The van der Waals surface area contributed by atoms with E-state index in [1.54, 1.807) is 12.4 Å². The van der Waals surface area contributed by atoms with Crippen LogP contribution in [0.5, 0.6) is 11.5 Å². The van der Waals surface area contributed by atoms with Crippen LogP contribution < -0.4 is 20.1 Å². The van der Waals surface area contributed by atoms with Gasteiger partial charge in [-0.05, 0) is 129 Å². The Morgan fingerprint density at radius 2 is 1.43 bits per heavy atom. The zero-order valence-corrected chi connectivity index (χ0v) is 29.4. The molecule has 3 atom stereocenters. The topological polar surface area (TPSA) is 102 Å². The van der Waals surface area contributed by atoms with Crippen molar-refractivity contribution in [2.45, 2.75) is 83.5 Å². The van der Waals surface area contributed by atoms with Crippen molar-refractivity contribution in [3.05, 3.63) is 131 Å². The van der Waals surface area contributed by atoms with Crippen molar-refractivity contribution in [2.75, 3.05) is 6.54 Å². The van der Waals surface area contributed by atoms with E-state index in [2.05, 4.69) is 51.8 Å². The second kappa shape index (κ2) is 16.4. The van der Waals surface area contributed by atoms with Gasteiger partial charge in [-0.25, -0.2) is 0 Å². The first kappa shape index (κ1) is 34.5. The molecular formula is C43H48N4O4. The van der Waals surface area contributed by atoms with Crippen LogP contribution in [0.3, 0.4) is 0 Å². The van der Waals surface area contributed by atoms with Crippen molar-refractivity contribution < 1.29 is 19.1 Å². The summed E-state index contributed by atoms with van der Waals surface area (Å²) in [5.41, 5.74) is 5.50. The normalized spacial score (nSPS) is 22.7. The van der Waals surface area contributed by atoms with Crippen molar-refractivity contribution in [1.29, 1.82) is 0 Å². The maximum atomic E-state index is 13.0. The Labute approximate surface area is 301 Å². The number of hydrogen-bond donors (Lipinski definition) is 2. The van der Waals surface area contributed by atoms with E-state index >= 15 is 0 Å². The Morgan fingerprint density at radius 1 is 0.745 bits per heavy atom. The van der Waals surface area contributed by atoms with Gasteiger partial charge in [0.05, 0.1) is 22.5 Å². The van der Waals surface area contributed by atoms with Crippen LogP contribution in [-0.4, -0.2) is 34.4 Å². The zero-order chi connectivity index (χ0) is 35.0. The molecule has 0 aliphatic heterocycles. The van der Waals surface area contributed by atoms with Crippen LogP contribution in [0.1, 0.15) is 102 Å². The summed E-state index contributed by atoms with van der Waals surface area (Å²) in [6.45, 7) is 3.66. The van der Waals surface area contributed by atoms with Gasteiger partial charge in [0.1, 0.15) is 24.7 Å². The van der Waals surface area contributed by atoms with Crippen LogP contribution in [-0.2, 0) is 13.2 Å². The van der Waals surface area contributed by atoms with E-state index in [1.807, 2.05) is 60.7 Å². The van der Waals surface area contributed by atoms with Crippen molar-refractivity contribution in [2.24, 2.45) is 17.8 Å². The molecule has 2 bridgehead atoms.